The molecule has 0 fully saturated rings. The molecule has 0 saturated heterocycles. The molecule has 4 nitrogen and oxygen atoms in total. The summed E-state index contributed by atoms with van der Waals surface area (Å²) in [5, 5.41) is 2.79. The SMILES string of the molecule is CCCCc1cccc(/C(=C/C(=O)Nc2ccc(C)c(C)c2)C(N)=O)c1. The van der Waals surface area contributed by atoms with Crippen LogP contribution in [0.2, 0.25) is 0 Å². The van der Waals surface area contributed by atoms with Crippen molar-refractivity contribution in [3.05, 3.63) is 70.8 Å². The van der Waals surface area contributed by atoms with Crippen molar-refractivity contribution in [3.8, 4) is 0 Å². The van der Waals surface area contributed by atoms with Crippen molar-refractivity contribution in [1.29, 1.82) is 0 Å². The van der Waals surface area contributed by atoms with Crippen molar-refractivity contribution in [3.63, 3.8) is 0 Å². The van der Waals surface area contributed by atoms with Crippen molar-refractivity contribution >= 4 is 23.1 Å². The minimum atomic E-state index is -0.618. The highest BCUT2D eigenvalue weighted by Crippen LogP contribution is 2.19. The third-order valence-corrected chi connectivity index (χ3v) is 4.37. The van der Waals surface area contributed by atoms with Crippen LogP contribution in [0.25, 0.3) is 5.57 Å². The Bertz CT molecular complexity index is 838. The van der Waals surface area contributed by atoms with Gasteiger partial charge in [-0.25, -0.2) is 0 Å². The van der Waals surface area contributed by atoms with Crippen LogP contribution < -0.4 is 11.1 Å². The number of hydrogen-bond donors (Lipinski definition) is 2. The first-order valence-corrected chi connectivity index (χ1v) is 8.89. The molecule has 0 heterocycles. The molecule has 0 aliphatic rings. The Kier molecular flexibility index (Phi) is 6.73. The average Bonchev–Trinajstić information content (AvgIpc) is 2.61. The minimum absolute atomic E-state index is 0.213. The van der Waals surface area contributed by atoms with E-state index < -0.39 is 5.91 Å². The second-order valence-corrected chi connectivity index (χ2v) is 6.51. The van der Waals surface area contributed by atoms with Gasteiger partial charge in [0.15, 0.2) is 0 Å². The van der Waals surface area contributed by atoms with Gasteiger partial charge >= 0.3 is 0 Å². The molecule has 0 aliphatic carbocycles. The van der Waals surface area contributed by atoms with Crippen LogP contribution in [0.1, 0.15) is 42.0 Å². The number of benzene rings is 2. The summed E-state index contributed by atoms with van der Waals surface area (Å²) in [5.74, 6) is -0.992. The van der Waals surface area contributed by atoms with E-state index in [4.69, 9.17) is 5.73 Å². The summed E-state index contributed by atoms with van der Waals surface area (Å²) in [4.78, 5) is 24.2. The van der Waals surface area contributed by atoms with Gasteiger partial charge in [-0.1, -0.05) is 43.7 Å². The summed E-state index contributed by atoms with van der Waals surface area (Å²) in [7, 11) is 0. The van der Waals surface area contributed by atoms with E-state index in [0.29, 0.717) is 11.3 Å². The van der Waals surface area contributed by atoms with Crippen molar-refractivity contribution in [1.82, 2.24) is 0 Å². The molecule has 2 rings (SSSR count). The molecule has 0 atom stereocenters. The molecule has 0 spiro atoms. The monoisotopic (exact) mass is 350 g/mol. The number of aryl methyl sites for hydroxylation is 3. The fraction of sp³-hybridized carbons (Fsp3) is 0.273. The molecule has 2 aromatic rings. The average molecular weight is 350 g/mol. The Hall–Kier alpha value is -2.88. The highest BCUT2D eigenvalue weighted by molar-refractivity contribution is 6.24. The second-order valence-electron chi connectivity index (χ2n) is 6.51. The summed E-state index contributed by atoms with van der Waals surface area (Å²) >= 11 is 0. The Balaban J connectivity index is 2.24. The zero-order valence-electron chi connectivity index (χ0n) is 15.6. The van der Waals surface area contributed by atoms with Gasteiger partial charge < -0.3 is 11.1 Å². The lowest BCUT2D eigenvalue weighted by atomic mass is 9.99. The van der Waals surface area contributed by atoms with Gasteiger partial charge in [-0.05, 0) is 61.1 Å². The number of amides is 2. The first-order valence-electron chi connectivity index (χ1n) is 8.89. The third kappa shape index (κ3) is 5.31. The van der Waals surface area contributed by atoms with Crippen LogP contribution in [0.4, 0.5) is 5.69 Å². The van der Waals surface area contributed by atoms with E-state index in [1.807, 2.05) is 50.2 Å². The van der Waals surface area contributed by atoms with E-state index >= 15 is 0 Å². The van der Waals surface area contributed by atoms with E-state index in [1.165, 1.54) is 6.08 Å². The van der Waals surface area contributed by atoms with Crippen LogP contribution in [0.15, 0.2) is 48.5 Å². The number of carbonyl (C=O) groups is 2. The van der Waals surface area contributed by atoms with Gasteiger partial charge in [0.1, 0.15) is 0 Å². The zero-order valence-corrected chi connectivity index (χ0v) is 15.6. The largest absolute Gasteiger partial charge is 0.366 e. The first kappa shape index (κ1) is 19.4. The highest BCUT2D eigenvalue weighted by atomic mass is 16.2. The predicted molar refractivity (Wildman–Crippen MR) is 107 cm³/mol. The van der Waals surface area contributed by atoms with Crippen LogP contribution in [-0.2, 0) is 16.0 Å². The van der Waals surface area contributed by atoms with Gasteiger partial charge in [0, 0.05) is 11.8 Å². The molecule has 2 amide bonds. The molecular formula is C22H26N2O2. The number of nitrogens with two attached hydrogens (primary N) is 1. The molecule has 0 saturated carbocycles. The second kappa shape index (κ2) is 8.99. The number of unbranched alkanes of at least 4 members (excludes halogenated alkanes) is 1. The molecule has 0 aromatic heterocycles. The molecule has 0 aliphatic heterocycles. The minimum Gasteiger partial charge on any atom is -0.366 e. The molecule has 2 aromatic carbocycles. The van der Waals surface area contributed by atoms with E-state index in [-0.39, 0.29) is 11.5 Å². The van der Waals surface area contributed by atoms with Crippen molar-refractivity contribution in [2.24, 2.45) is 5.73 Å². The van der Waals surface area contributed by atoms with Gasteiger partial charge in [-0.2, -0.15) is 0 Å². The number of anilines is 1. The summed E-state index contributed by atoms with van der Waals surface area (Å²) < 4.78 is 0. The molecule has 0 bridgehead atoms. The van der Waals surface area contributed by atoms with Gasteiger partial charge in [0.25, 0.3) is 0 Å². The molecule has 26 heavy (non-hydrogen) atoms. The number of nitrogens with one attached hydrogen (secondary N) is 1. The number of rotatable bonds is 7. The fourth-order valence-corrected chi connectivity index (χ4v) is 2.70. The Morgan fingerprint density at radius 3 is 2.50 bits per heavy atom. The number of carbonyl (C=O) groups excluding carboxylic acids is 2. The van der Waals surface area contributed by atoms with Crippen LogP contribution in [0.5, 0.6) is 0 Å². The van der Waals surface area contributed by atoms with Gasteiger partial charge in [0.2, 0.25) is 11.8 Å². The maximum atomic E-state index is 12.4. The standard InChI is InChI=1S/C22H26N2O2/c1-4-5-7-17-8-6-9-18(13-17)20(22(23)26)14-21(25)24-19-11-10-15(2)16(3)12-19/h6,8-14H,4-5,7H2,1-3H3,(H2,23,26)(H,24,25)/b20-14-. The van der Waals surface area contributed by atoms with Crippen molar-refractivity contribution in [2.45, 2.75) is 40.0 Å². The smallest absolute Gasteiger partial charge is 0.249 e. The first-order chi connectivity index (χ1) is 12.4. The van der Waals surface area contributed by atoms with Gasteiger partial charge in [0.05, 0.1) is 5.57 Å². The predicted octanol–water partition coefficient (Wildman–Crippen LogP) is 4.15. The maximum absolute atomic E-state index is 12.4. The third-order valence-electron chi connectivity index (χ3n) is 4.37. The van der Waals surface area contributed by atoms with Crippen LogP contribution in [0, 0.1) is 13.8 Å². The van der Waals surface area contributed by atoms with E-state index in [1.54, 1.807) is 6.07 Å². The molecule has 0 unspecified atom stereocenters. The quantitative estimate of drug-likeness (QED) is 0.736. The maximum Gasteiger partial charge on any atom is 0.249 e. The topological polar surface area (TPSA) is 72.2 Å². The van der Waals surface area contributed by atoms with Gasteiger partial charge in [-0.3, -0.25) is 9.59 Å². The van der Waals surface area contributed by atoms with Crippen LogP contribution in [0.3, 0.4) is 0 Å². The Morgan fingerprint density at radius 1 is 1.08 bits per heavy atom. The highest BCUT2D eigenvalue weighted by Gasteiger charge is 2.12. The summed E-state index contributed by atoms with van der Waals surface area (Å²) in [6.45, 7) is 6.13. The van der Waals surface area contributed by atoms with Crippen LogP contribution in [-0.4, -0.2) is 11.8 Å². The van der Waals surface area contributed by atoms with Gasteiger partial charge in [-0.15, -0.1) is 0 Å². The lowest BCUT2D eigenvalue weighted by Crippen LogP contribution is -2.17. The lowest BCUT2D eigenvalue weighted by molar-refractivity contribution is -0.114. The summed E-state index contributed by atoms with van der Waals surface area (Å²) in [6, 6.07) is 13.3. The molecule has 0 radical (unpaired) electrons. The normalized spacial score (nSPS) is 11.3. The van der Waals surface area contributed by atoms with Crippen LogP contribution >= 0.6 is 0 Å². The number of primary amides is 1. The molecule has 3 N–H and O–H groups in total. The Morgan fingerprint density at radius 2 is 1.85 bits per heavy atom. The van der Waals surface area contributed by atoms with E-state index in [0.717, 1.165) is 36.0 Å². The van der Waals surface area contributed by atoms with Crippen molar-refractivity contribution < 1.29 is 9.59 Å². The molecule has 136 valence electrons. The molecule has 4 heteroatoms. The summed E-state index contributed by atoms with van der Waals surface area (Å²) in [5.41, 5.74) is 10.5. The molecular weight excluding hydrogens is 324 g/mol. The zero-order chi connectivity index (χ0) is 19.1. The van der Waals surface area contributed by atoms with Crippen molar-refractivity contribution in [2.75, 3.05) is 5.32 Å². The number of hydrogen-bond acceptors (Lipinski definition) is 2. The summed E-state index contributed by atoms with van der Waals surface area (Å²) in [6.07, 6.45) is 4.38. The van der Waals surface area contributed by atoms with E-state index in [9.17, 15) is 9.59 Å². The van der Waals surface area contributed by atoms with E-state index in [2.05, 4.69) is 12.2 Å². The fourth-order valence-electron chi connectivity index (χ4n) is 2.70. The lowest BCUT2D eigenvalue weighted by Gasteiger charge is -2.09. The Labute approximate surface area is 155 Å².